The molecule has 4 nitrogen and oxygen atoms in total. The highest BCUT2D eigenvalue weighted by atomic mass is 127. The first-order chi connectivity index (χ1) is 9.58. The van der Waals surface area contributed by atoms with Gasteiger partial charge in [-0.3, -0.25) is 0 Å². The van der Waals surface area contributed by atoms with Crippen LogP contribution in [0.3, 0.4) is 0 Å². The summed E-state index contributed by atoms with van der Waals surface area (Å²) >= 11 is 0. The van der Waals surface area contributed by atoms with Crippen LogP contribution in [0.4, 0.5) is 0 Å². The van der Waals surface area contributed by atoms with Gasteiger partial charge in [-0.1, -0.05) is 24.3 Å². The van der Waals surface area contributed by atoms with E-state index in [1.165, 1.54) is 22.0 Å². The Bertz CT molecular complexity index is 643. The van der Waals surface area contributed by atoms with Crippen molar-refractivity contribution in [2.45, 2.75) is 20.3 Å². The minimum Gasteiger partial charge on any atom is -0.370 e. The van der Waals surface area contributed by atoms with Crippen LogP contribution in [0.5, 0.6) is 0 Å². The molecule has 2 aromatic rings. The monoisotopic (exact) mass is 398 g/mol. The molecule has 0 unspecified atom stereocenters. The Morgan fingerprint density at radius 1 is 1.43 bits per heavy atom. The number of aromatic nitrogens is 1. The molecule has 0 bridgehead atoms. The molecule has 0 aliphatic rings. The van der Waals surface area contributed by atoms with Gasteiger partial charge in [0.1, 0.15) is 0 Å². The summed E-state index contributed by atoms with van der Waals surface area (Å²) in [5.41, 5.74) is 10.6. The van der Waals surface area contributed by atoms with Crippen LogP contribution in [0.1, 0.15) is 18.1 Å². The number of halogens is 1. The minimum atomic E-state index is 0. The number of fused-ring (bicyclic) bond motifs is 1. The van der Waals surface area contributed by atoms with Gasteiger partial charge in [0.05, 0.1) is 6.54 Å². The predicted octanol–water partition coefficient (Wildman–Crippen LogP) is 3.12. The van der Waals surface area contributed by atoms with Crippen molar-refractivity contribution in [3.63, 3.8) is 0 Å². The van der Waals surface area contributed by atoms with E-state index in [1.807, 2.05) is 6.92 Å². The number of hydrogen-bond acceptors (Lipinski definition) is 1. The Morgan fingerprint density at radius 3 is 2.90 bits per heavy atom. The third kappa shape index (κ3) is 4.77. The lowest BCUT2D eigenvalue weighted by molar-refractivity contribution is 0.856. The van der Waals surface area contributed by atoms with Crippen molar-refractivity contribution < 1.29 is 0 Å². The summed E-state index contributed by atoms with van der Waals surface area (Å²) in [6.45, 7) is 9.21. The molecule has 0 spiro atoms. The Labute approximate surface area is 142 Å². The summed E-state index contributed by atoms with van der Waals surface area (Å²) in [7, 11) is 0. The number of H-pyrrole nitrogens is 1. The molecule has 114 valence electrons. The maximum Gasteiger partial charge on any atom is 0.188 e. The van der Waals surface area contributed by atoms with E-state index in [-0.39, 0.29) is 24.0 Å². The van der Waals surface area contributed by atoms with E-state index in [0.29, 0.717) is 12.5 Å². The van der Waals surface area contributed by atoms with Crippen molar-refractivity contribution in [3.8, 4) is 0 Å². The van der Waals surface area contributed by atoms with Gasteiger partial charge in [-0.25, -0.2) is 4.99 Å². The number of aryl methyl sites for hydroxylation is 1. The fourth-order valence-corrected chi connectivity index (χ4v) is 2.25. The van der Waals surface area contributed by atoms with Crippen LogP contribution in [-0.2, 0) is 6.42 Å². The Morgan fingerprint density at radius 2 is 2.19 bits per heavy atom. The molecular weight excluding hydrogens is 375 g/mol. The first kappa shape index (κ1) is 17.6. The zero-order valence-corrected chi connectivity index (χ0v) is 14.9. The highest BCUT2D eigenvalue weighted by molar-refractivity contribution is 14.0. The van der Waals surface area contributed by atoms with E-state index >= 15 is 0 Å². The second kappa shape index (κ2) is 8.07. The van der Waals surface area contributed by atoms with Crippen LogP contribution in [0, 0.1) is 6.92 Å². The van der Waals surface area contributed by atoms with Gasteiger partial charge in [0.15, 0.2) is 5.96 Å². The van der Waals surface area contributed by atoms with Gasteiger partial charge in [0, 0.05) is 23.6 Å². The molecule has 1 aromatic heterocycles. The maximum absolute atomic E-state index is 5.79. The van der Waals surface area contributed by atoms with Gasteiger partial charge in [0.2, 0.25) is 0 Å². The first-order valence-electron chi connectivity index (χ1n) is 6.81. The molecule has 21 heavy (non-hydrogen) atoms. The number of benzene rings is 1. The second-order valence-corrected chi connectivity index (χ2v) is 5.15. The fourth-order valence-electron chi connectivity index (χ4n) is 2.25. The van der Waals surface area contributed by atoms with Crippen molar-refractivity contribution in [2.24, 2.45) is 10.7 Å². The maximum atomic E-state index is 5.79. The van der Waals surface area contributed by atoms with Crippen LogP contribution in [0.2, 0.25) is 0 Å². The number of rotatable bonds is 5. The predicted molar refractivity (Wildman–Crippen MR) is 101 cm³/mol. The third-order valence-corrected chi connectivity index (χ3v) is 3.22. The molecule has 0 radical (unpaired) electrons. The normalized spacial score (nSPS) is 11.2. The third-order valence-electron chi connectivity index (χ3n) is 3.22. The summed E-state index contributed by atoms with van der Waals surface area (Å²) in [6, 6.07) is 6.30. The molecule has 0 saturated heterocycles. The zero-order chi connectivity index (χ0) is 14.5. The van der Waals surface area contributed by atoms with Gasteiger partial charge in [-0.05, 0) is 37.5 Å². The average Bonchev–Trinajstić information content (AvgIpc) is 2.81. The first-order valence-corrected chi connectivity index (χ1v) is 6.81. The van der Waals surface area contributed by atoms with Gasteiger partial charge in [0.25, 0.3) is 0 Å². The molecule has 4 N–H and O–H groups in total. The average molecular weight is 398 g/mol. The molecule has 0 fully saturated rings. The molecule has 0 aliphatic heterocycles. The fraction of sp³-hybridized carbons (Fsp3) is 0.312. The topological polar surface area (TPSA) is 66.2 Å². The standard InChI is InChI=1S/C16H22N4.HI/c1-11(2)9-20-16(17)18-8-7-13-10-19-14-6-4-5-12(3)15(13)14;/h4-6,10,19H,1,7-9H2,2-3H3,(H3,17,18,20);1H. The second-order valence-electron chi connectivity index (χ2n) is 5.15. The van der Waals surface area contributed by atoms with Crippen LogP contribution in [-0.4, -0.2) is 24.0 Å². The smallest absolute Gasteiger partial charge is 0.188 e. The van der Waals surface area contributed by atoms with E-state index in [0.717, 1.165) is 18.5 Å². The van der Waals surface area contributed by atoms with Crippen molar-refractivity contribution in [1.29, 1.82) is 0 Å². The van der Waals surface area contributed by atoms with Crippen LogP contribution in [0.15, 0.2) is 41.5 Å². The van der Waals surface area contributed by atoms with Crippen molar-refractivity contribution in [2.75, 3.05) is 13.1 Å². The lowest BCUT2D eigenvalue weighted by Gasteiger charge is -2.06. The molecule has 5 heteroatoms. The minimum absolute atomic E-state index is 0. The Kier molecular flexibility index (Phi) is 6.74. The molecule has 0 saturated carbocycles. The largest absolute Gasteiger partial charge is 0.370 e. The summed E-state index contributed by atoms with van der Waals surface area (Å²) < 4.78 is 0. The van der Waals surface area contributed by atoms with Crippen LogP contribution in [0.25, 0.3) is 10.9 Å². The van der Waals surface area contributed by atoms with Gasteiger partial charge in [-0.15, -0.1) is 24.0 Å². The number of guanidine groups is 1. The number of aliphatic imine (C=N–C) groups is 1. The molecule has 0 atom stereocenters. The van der Waals surface area contributed by atoms with Crippen LogP contribution >= 0.6 is 24.0 Å². The Hall–Kier alpha value is -1.50. The quantitative estimate of drug-likeness (QED) is 0.314. The Balaban J connectivity index is 0.00000220. The van der Waals surface area contributed by atoms with E-state index in [1.54, 1.807) is 0 Å². The van der Waals surface area contributed by atoms with Gasteiger partial charge < -0.3 is 16.0 Å². The number of nitrogens with zero attached hydrogens (tertiary/aromatic N) is 1. The lowest BCUT2D eigenvalue weighted by atomic mass is 10.1. The molecule has 1 heterocycles. The lowest BCUT2D eigenvalue weighted by Crippen LogP contribution is -2.33. The number of nitrogens with one attached hydrogen (secondary N) is 2. The molecule has 0 aliphatic carbocycles. The van der Waals surface area contributed by atoms with Crippen LogP contribution < -0.4 is 11.1 Å². The van der Waals surface area contributed by atoms with E-state index in [4.69, 9.17) is 5.73 Å². The summed E-state index contributed by atoms with van der Waals surface area (Å²) in [5.74, 6) is 0.476. The number of aromatic amines is 1. The van der Waals surface area contributed by atoms with E-state index < -0.39 is 0 Å². The molecule has 2 rings (SSSR count). The summed E-state index contributed by atoms with van der Waals surface area (Å²) in [5, 5.41) is 4.44. The van der Waals surface area contributed by atoms with Gasteiger partial charge >= 0.3 is 0 Å². The molecular formula is C16H23IN4. The zero-order valence-electron chi connectivity index (χ0n) is 12.6. The van der Waals surface area contributed by atoms with Crippen molar-refractivity contribution >= 4 is 40.8 Å². The molecule has 0 amide bonds. The molecule has 1 aromatic carbocycles. The van der Waals surface area contributed by atoms with Crippen molar-refractivity contribution in [3.05, 3.63) is 47.7 Å². The van der Waals surface area contributed by atoms with Gasteiger partial charge in [-0.2, -0.15) is 0 Å². The summed E-state index contributed by atoms with van der Waals surface area (Å²) in [4.78, 5) is 7.50. The SMILES string of the molecule is C=C(C)CN=C(N)NCCc1c[nH]c2cccc(C)c12.I. The van der Waals surface area contributed by atoms with E-state index in [2.05, 4.69) is 53.2 Å². The van der Waals surface area contributed by atoms with Crippen molar-refractivity contribution in [1.82, 2.24) is 10.3 Å². The number of hydrogen-bond donors (Lipinski definition) is 3. The summed E-state index contributed by atoms with van der Waals surface area (Å²) in [6.07, 6.45) is 2.98. The van der Waals surface area contributed by atoms with E-state index in [9.17, 15) is 0 Å². The highest BCUT2D eigenvalue weighted by Gasteiger charge is 2.05. The highest BCUT2D eigenvalue weighted by Crippen LogP contribution is 2.22. The number of nitrogens with two attached hydrogens (primary N) is 1.